The first-order chi connectivity index (χ1) is 10.1. The number of hydrogen-bond acceptors (Lipinski definition) is 3. The van der Waals surface area contributed by atoms with Crippen LogP contribution in [0.15, 0.2) is 0 Å². The maximum Gasteiger partial charge on any atom is 0.311 e. The summed E-state index contributed by atoms with van der Waals surface area (Å²) >= 11 is 0. The molecule has 3 aliphatic heterocycles. The van der Waals surface area contributed by atoms with Gasteiger partial charge < -0.3 is 14.7 Å². The van der Waals surface area contributed by atoms with Crippen LogP contribution in [0.1, 0.15) is 38.5 Å². The predicted octanol–water partition coefficient (Wildman–Crippen LogP) is 1.27. The normalized spacial score (nSPS) is 52.9. The molecule has 0 aromatic rings. The van der Waals surface area contributed by atoms with Crippen molar-refractivity contribution in [3.8, 4) is 0 Å². The number of carbonyl (C=O) groups is 2. The molecule has 2 saturated carbocycles. The van der Waals surface area contributed by atoms with Gasteiger partial charge in [-0.3, -0.25) is 9.59 Å². The van der Waals surface area contributed by atoms with Gasteiger partial charge in [0.05, 0.1) is 23.5 Å². The van der Waals surface area contributed by atoms with Crippen LogP contribution in [0.3, 0.4) is 0 Å². The Hall–Kier alpha value is -1.10. The lowest BCUT2D eigenvalue weighted by Gasteiger charge is -2.32. The van der Waals surface area contributed by atoms with Gasteiger partial charge >= 0.3 is 5.97 Å². The van der Waals surface area contributed by atoms with Crippen LogP contribution in [0, 0.1) is 23.2 Å². The second-order valence-electron chi connectivity index (χ2n) is 7.70. The van der Waals surface area contributed by atoms with Crippen LogP contribution >= 0.6 is 0 Å². The Balaban J connectivity index is 1.39. The third-order valence-electron chi connectivity index (χ3n) is 6.94. The molecule has 3 saturated heterocycles. The molecule has 2 aliphatic carbocycles. The number of carbonyl (C=O) groups excluding carboxylic acids is 1. The van der Waals surface area contributed by atoms with E-state index in [4.69, 9.17) is 4.74 Å². The molecule has 21 heavy (non-hydrogen) atoms. The smallest absolute Gasteiger partial charge is 0.311 e. The highest BCUT2D eigenvalue weighted by Crippen LogP contribution is 2.61. The van der Waals surface area contributed by atoms with Crippen LogP contribution in [0.25, 0.3) is 0 Å². The molecule has 5 rings (SSSR count). The van der Waals surface area contributed by atoms with Gasteiger partial charge in [-0.2, -0.15) is 0 Å². The van der Waals surface area contributed by atoms with Crippen molar-refractivity contribution < 1.29 is 19.4 Å². The number of nitrogens with zero attached hydrogens (tertiary/aromatic N) is 1. The van der Waals surface area contributed by atoms with Gasteiger partial charge in [-0.1, -0.05) is 6.42 Å². The first kappa shape index (κ1) is 12.4. The number of carboxylic acid groups (broad SMARTS) is 1. The van der Waals surface area contributed by atoms with Crippen molar-refractivity contribution in [2.75, 3.05) is 6.54 Å². The summed E-state index contributed by atoms with van der Waals surface area (Å²) in [7, 11) is 0. The minimum atomic E-state index is -0.702. The largest absolute Gasteiger partial charge is 0.481 e. The number of aliphatic carboxylic acids is 1. The maximum atomic E-state index is 13.0. The fourth-order valence-corrected chi connectivity index (χ4v) is 5.80. The highest BCUT2D eigenvalue weighted by Gasteiger charge is 2.66. The summed E-state index contributed by atoms with van der Waals surface area (Å²) in [5, 5.41) is 9.63. The molecule has 5 aliphatic rings. The molecule has 0 aromatic carbocycles. The Morgan fingerprint density at radius 2 is 2.05 bits per heavy atom. The van der Waals surface area contributed by atoms with Crippen LogP contribution in [0.4, 0.5) is 0 Å². The molecule has 0 radical (unpaired) electrons. The fourth-order valence-electron chi connectivity index (χ4n) is 5.80. The summed E-state index contributed by atoms with van der Waals surface area (Å²) < 4.78 is 5.95. The van der Waals surface area contributed by atoms with E-state index in [1.165, 1.54) is 6.42 Å². The van der Waals surface area contributed by atoms with Crippen molar-refractivity contribution in [3.05, 3.63) is 0 Å². The lowest BCUT2D eigenvalue weighted by atomic mass is 9.82. The summed E-state index contributed by atoms with van der Waals surface area (Å²) in [4.78, 5) is 26.6. The van der Waals surface area contributed by atoms with Gasteiger partial charge in [-0.05, 0) is 43.9 Å². The van der Waals surface area contributed by atoms with Crippen molar-refractivity contribution in [3.63, 3.8) is 0 Å². The van der Waals surface area contributed by atoms with Crippen LogP contribution in [0.5, 0.6) is 0 Å². The Morgan fingerprint density at radius 1 is 1.19 bits per heavy atom. The summed E-state index contributed by atoms with van der Waals surface area (Å²) in [5.74, 6) is 0.828. The predicted molar refractivity (Wildman–Crippen MR) is 72.4 cm³/mol. The molecular weight excluding hydrogens is 270 g/mol. The maximum absolute atomic E-state index is 13.0. The topological polar surface area (TPSA) is 66.8 Å². The van der Waals surface area contributed by atoms with E-state index >= 15 is 0 Å². The van der Waals surface area contributed by atoms with Gasteiger partial charge in [-0.25, -0.2) is 0 Å². The summed E-state index contributed by atoms with van der Waals surface area (Å²) in [6, 6.07) is -0.0726. The second kappa shape index (κ2) is 3.80. The molecule has 0 spiro atoms. The lowest BCUT2D eigenvalue weighted by molar-refractivity contribution is -0.150. The SMILES string of the molecule is O=C([C@@H]1C[C@@H]2O[C@H]1[C@H]1C[C@H]12)N1CC[C@@]2(C(=O)O)CCC[C@@H]12. The first-order valence-corrected chi connectivity index (χ1v) is 8.31. The number of carboxylic acids is 1. The molecule has 7 atom stereocenters. The average molecular weight is 291 g/mol. The van der Waals surface area contributed by atoms with E-state index in [1.807, 2.05) is 4.90 Å². The van der Waals surface area contributed by atoms with Crippen LogP contribution in [0.2, 0.25) is 0 Å². The first-order valence-electron chi connectivity index (χ1n) is 8.31. The van der Waals surface area contributed by atoms with Gasteiger partial charge in [0.25, 0.3) is 0 Å². The van der Waals surface area contributed by atoms with Crippen molar-refractivity contribution in [2.45, 2.75) is 56.8 Å². The number of likely N-dealkylation sites (tertiary alicyclic amines) is 1. The monoisotopic (exact) mass is 291 g/mol. The Bertz CT molecular complexity index is 534. The lowest BCUT2D eigenvalue weighted by Crippen LogP contribution is -2.47. The van der Waals surface area contributed by atoms with E-state index in [-0.39, 0.29) is 24.0 Å². The molecule has 1 N–H and O–H groups in total. The van der Waals surface area contributed by atoms with E-state index in [1.54, 1.807) is 0 Å². The minimum absolute atomic E-state index is 0.00365. The quantitative estimate of drug-likeness (QED) is 0.832. The zero-order chi connectivity index (χ0) is 14.4. The number of amides is 1. The summed E-state index contributed by atoms with van der Waals surface area (Å²) in [5.41, 5.74) is -0.656. The fraction of sp³-hybridized carbons (Fsp3) is 0.875. The molecule has 2 bridgehead atoms. The van der Waals surface area contributed by atoms with E-state index < -0.39 is 11.4 Å². The molecule has 3 heterocycles. The zero-order valence-corrected chi connectivity index (χ0v) is 12.0. The zero-order valence-electron chi connectivity index (χ0n) is 12.0. The van der Waals surface area contributed by atoms with Gasteiger partial charge in [-0.15, -0.1) is 0 Å². The highest BCUT2D eigenvalue weighted by atomic mass is 16.5. The van der Waals surface area contributed by atoms with E-state index in [9.17, 15) is 14.7 Å². The van der Waals surface area contributed by atoms with Crippen molar-refractivity contribution in [2.24, 2.45) is 23.2 Å². The van der Waals surface area contributed by atoms with E-state index in [0.717, 1.165) is 31.6 Å². The van der Waals surface area contributed by atoms with E-state index in [0.29, 0.717) is 25.0 Å². The molecular formula is C16H21NO4. The van der Waals surface area contributed by atoms with Gasteiger partial charge in [0, 0.05) is 12.6 Å². The third-order valence-corrected chi connectivity index (χ3v) is 6.94. The average Bonchev–Trinajstić information content (AvgIpc) is 2.83. The summed E-state index contributed by atoms with van der Waals surface area (Å²) in [6.45, 7) is 0.623. The van der Waals surface area contributed by atoms with Gasteiger partial charge in [0.1, 0.15) is 0 Å². The number of ether oxygens (including phenoxy) is 1. The molecule has 0 unspecified atom stereocenters. The van der Waals surface area contributed by atoms with E-state index in [2.05, 4.69) is 0 Å². The van der Waals surface area contributed by atoms with Crippen LogP contribution in [-0.4, -0.2) is 46.7 Å². The highest BCUT2D eigenvalue weighted by molar-refractivity contribution is 5.84. The molecule has 5 fully saturated rings. The molecule has 5 heteroatoms. The third kappa shape index (κ3) is 1.41. The molecule has 1 amide bonds. The number of rotatable bonds is 2. The number of hydrogen-bond donors (Lipinski definition) is 1. The van der Waals surface area contributed by atoms with Crippen molar-refractivity contribution in [1.29, 1.82) is 0 Å². The molecule has 0 aromatic heterocycles. The second-order valence-corrected chi connectivity index (χ2v) is 7.70. The van der Waals surface area contributed by atoms with Gasteiger partial charge in [0.2, 0.25) is 5.91 Å². The Kier molecular flexibility index (Phi) is 2.25. The Morgan fingerprint density at radius 3 is 2.76 bits per heavy atom. The van der Waals surface area contributed by atoms with Crippen LogP contribution < -0.4 is 0 Å². The molecule has 5 nitrogen and oxygen atoms in total. The number of fused-ring (bicyclic) bond motifs is 6. The molecule has 114 valence electrons. The van der Waals surface area contributed by atoms with Crippen LogP contribution in [-0.2, 0) is 14.3 Å². The standard InChI is InChI=1S/C16H21NO4/c18-14(10-7-11-8-6-9(8)13(10)21-11)17-5-4-16(15(19)20)3-1-2-12(16)17/h8-13H,1-7H2,(H,19,20)/t8-,9+,10-,11+,12-,13+,16+/m1/s1. The van der Waals surface area contributed by atoms with Gasteiger partial charge in [0.15, 0.2) is 0 Å². The van der Waals surface area contributed by atoms with Crippen molar-refractivity contribution in [1.82, 2.24) is 4.90 Å². The van der Waals surface area contributed by atoms with Crippen molar-refractivity contribution >= 4 is 11.9 Å². The Labute approximate surface area is 123 Å². The minimum Gasteiger partial charge on any atom is -0.481 e. The summed E-state index contributed by atoms with van der Waals surface area (Å²) in [6.07, 6.45) is 5.69.